The predicted molar refractivity (Wildman–Crippen MR) is 121 cm³/mol. The van der Waals surface area contributed by atoms with Crippen molar-refractivity contribution in [2.75, 3.05) is 31.8 Å². The Bertz CT molecular complexity index is 1100. The van der Waals surface area contributed by atoms with E-state index < -0.39 is 9.84 Å². The van der Waals surface area contributed by atoms with Gasteiger partial charge in [-0.05, 0) is 73.1 Å². The number of carbonyl (C=O) groups excluding carboxylic acids is 1. The van der Waals surface area contributed by atoms with E-state index in [0.29, 0.717) is 24.4 Å². The van der Waals surface area contributed by atoms with E-state index in [0.717, 1.165) is 36.3 Å². The molecule has 0 radical (unpaired) electrons. The smallest absolute Gasteiger partial charge is 0.264 e. The van der Waals surface area contributed by atoms with Crippen LogP contribution in [0.15, 0.2) is 24.3 Å². The third kappa shape index (κ3) is 4.13. The summed E-state index contributed by atoms with van der Waals surface area (Å²) >= 11 is 1.52. The van der Waals surface area contributed by atoms with Crippen LogP contribution in [0.5, 0.6) is 5.75 Å². The largest absolute Gasteiger partial charge is 0.497 e. The van der Waals surface area contributed by atoms with E-state index in [2.05, 4.69) is 12.1 Å². The molecule has 2 aromatic rings. The Morgan fingerprint density at radius 1 is 1.23 bits per heavy atom. The van der Waals surface area contributed by atoms with Gasteiger partial charge < -0.3 is 14.4 Å². The highest BCUT2D eigenvalue weighted by Crippen LogP contribution is 2.41. The molecule has 0 N–H and O–H groups in total. The summed E-state index contributed by atoms with van der Waals surface area (Å²) < 4.78 is 35.4. The van der Waals surface area contributed by atoms with Gasteiger partial charge in [0.15, 0.2) is 9.84 Å². The van der Waals surface area contributed by atoms with Crippen molar-refractivity contribution in [3.8, 4) is 16.2 Å². The van der Waals surface area contributed by atoms with Crippen molar-refractivity contribution in [1.29, 1.82) is 0 Å². The molecule has 166 valence electrons. The molecule has 1 amide bonds. The summed E-state index contributed by atoms with van der Waals surface area (Å²) in [5.41, 5.74) is 3.60. The second-order valence-electron chi connectivity index (χ2n) is 8.64. The number of ether oxygens (including phenoxy) is 2. The monoisotopic (exact) mass is 461 g/mol. The summed E-state index contributed by atoms with van der Waals surface area (Å²) in [5.74, 6) is 0.995. The number of carbonyl (C=O) groups is 1. The Balaban J connectivity index is 1.45. The van der Waals surface area contributed by atoms with Crippen molar-refractivity contribution in [2.24, 2.45) is 0 Å². The minimum Gasteiger partial charge on any atom is -0.497 e. The third-order valence-corrected chi connectivity index (χ3v) is 9.52. The van der Waals surface area contributed by atoms with E-state index in [1.807, 2.05) is 12.1 Å². The Hall–Kier alpha value is -1.90. The standard InChI is InChI=1S/C23H27NO5S2/c1-28-18-6-7-20-15(11-18)4-5-16-12-21(30-22(16)20)23(25)24(13-19-3-2-9-29-19)17-8-10-31(26,27)14-17/h6-7,11-12,17,19H,2-5,8-10,13-14H2,1H3. The molecule has 2 fully saturated rings. The van der Waals surface area contributed by atoms with Gasteiger partial charge in [0.05, 0.1) is 29.6 Å². The third-order valence-electron chi connectivity index (χ3n) is 6.57. The van der Waals surface area contributed by atoms with Crippen LogP contribution in [-0.2, 0) is 27.4 Å². The topological polar surface area (TPSA) is 72.9 Å². The number of thiophene rings is 1. The molecule has 1 aromatic carbocycles. The van der Waals surface area contributed by atoms with Crippen molar-refractivity contribution in [3.63, 3.8) is 0 Å². The molecule has 6 nitrogen and oxygen atoms in total. The van der Waals surface area contributed by atoms with Crippen molar-refractivity contribution in [2.45, 2.75) is 44.2 Å². The lowest BCUT2D eigenvalue weighted by atomic mass is 9.91. The average molecular weight is 462 g/mol. The molecule has 0 bridgehead atoms. The molecular formula is C23H27NO5S2. The molecular weight excluding hydrogens is 434 g/mol. The second-order valence-corrected chi connectivity index (χ2v) is 11.9. The summed E-state index contributed by atoms with van der Waals surface area (Å²) in [7, 11) is -1.41. The number of hydrogen-bond donors (Lipinski definition) is 0. The van der Waals surface area contributed by atoms with E-state index in [1.54, 1.807) is 12.0 Å². The number of sulfone groups is 1. The zero-order chi connectivity index (χ0) is 21.6. The first-order valence-electron chi connectivity index (χ1n) is 10.9. The van der Waals surface area contributed by atoms with Crippen molar-refractivity contribution < 1.29 is 22.7 Å². The predicted octanol–water partition coefficient (Wildman–Crippen LogP) is 3.33. The van der Waals surface area contributed by atoms with Gasteiger partial charge in [0.2, 0.25) is 0 Å². The van der Waals surface area contributed by atoms with Crippen LogP contribution in [0.2, 0.25) is 0 Å². The molecule has 2 saturated heterocycles. The van der Waals surface area contributed by atoms with Crippen LogP contribution < -0.4 is 4.74 Å². The van der Waals surface area contributed by atoms with Gasteiger partial charge in [0, 0.05) is 24.1 Å². The van der Waals surface area contributed by atoms with Crippen LogP contribution in [-0.4, -0.2) is 63.1 Å². The minimum atomic E-state index is -3.08. The average Bonchev–Trinajstić information content (AvgIpc) is 3.50. The van der Waals surface area contributed by atoms with Gasteiger partial charge in [0.25, 0.3) is 5.91 Å². The Kier molecular flexibility index (Phi) is 5.56. The van der Waals surface area contributed by atoms with Gasteiger partial charge in [-0.15, -0.1) is 11.3 Å². The Labute approximate surface area is 187 Å². The molecule has 1 aromatic heterocycles. The number of fused-ring (bicyclic) bond motifs is 3. The summed E-state index contributed by atoms with van der Waals surface area (Å²) in [6.45, 7) is 1.18. The van der Waals surface area contributed by atoms with Gasteiger partial charge in [0.1, 0.15) is 5.75 Å². The highest BCUT2D eigenvalue weighted by molar-refractivity contribution is 7.91. The number of rotatable bonds is 5. The number of methoxy groups -OCH3 is 1. The molecule has 3 heterocycles. The van der Waals surface area contributed by atoms with Crippen LogP contribution in [0.25, 0.3) is 10.4 Å². The maximum Gasteiger partial charge on any atom is 0.264 e. The summed E-state index contributed by atoms with van der Waals surface area (Å²) in [5, 5.41) is 0. The van der Waals surface area contributed by atoms with E-state index in [9.17, 15) is 13.2 Å². The number of benzene rings is 1. The van der Waals surface area contributed by atoms with Gasteiger partial charge in [-0.3, -0.25) is 4.79 Å². The van der Waals surface area contributed by atoms with Crippen molar-refractivity contribution in [1.82, 2.24) is 4.90 Å². The second kappa shape index (κ2) is 8.22. The van der Waals surface area contributed by atoms with Crippen LogP contribution in [0.3, 0.4) is 0 Å². The van der Waals surface area contributed by atoms with Crippen LogP contribution in [0.1, 0.15) is 40.1 Å². The Morgan fingerprint density at radius 2 is 2.06 bits per heavy atom. The van der Waals surface area contributed by atoms with Gasteiger partial charge >= 0.3 is 0 Å². The first-order valence-corrected chi connectivity index (χ1v) is 13.5. The lowest BCUT2D eigenvalue weighted by Crippen LogP contribution is -2.45. The number of aryl methyl sites for hydroxylation is 2. The molecule has 0 spiro atoms. The Morgan fingerprint density at radius 3 is 2.77 bits per heavy atom. The highest BCUT2D eigenvalue weighted by Gasteiger charge is 2.37. The fourth-order valence-corrected chi connectivity index (χ4v) is 7.87. The van der Waals surface area contributed by atoms with Gasteiger partial charge in [-0.2, -0.15) is 0 Å². The molecule has 2 unspecified atom stereocenters. The maximum absolute atomic E-state index is 13.6. The zero-order valence-electron chi connectivity index (χ0n) is 17.6. The van der Waals surface area contributed by atoms with E-state index >= 15 is 0 Å². The highest BCUT2D eigenvalue weighted by atomic mass is 32.2. The van der Waals surface area contributed by atoms with Gasteiger partial charge in [-0.25, -0.2) is 8.42 Å². The van der Waals surface area contributed by atoms with E-state index in [4.69, 9.17) is 9.47 Å². The number of hydrogen-bond acceptors (Lipinski definition) is 6. The molecule has 2 atom stereocenters. The lowest BCUT2D eigenvalue weighted by molar-refractivity contribution is 0.0445. The maximum atomic E-state index is 13.6. The summed E-state index contributed by atoms with van der Waals surface area (Å²) in [6.07, 6.45) is 4.22. The fraction of sp³-hybridized carbons (Fsp3) is 0.522. The SMILES string of the molecule is COc1ccc2c(c1)CCc1cc(C(=O)N(CC3CCCO3)C3CCS(=O)(=O)C3)sc1-2. The van der Waals surface area contributed by atoms with Crippen molar-refractivity contribution in [3.05, 3.63) is 40.3 Å². The molecule has 3 aliphatic rings. The quantitative estimate of drug-likeness (QED) is 0.683. The van der Waals surface area contributed by atoms with Crippen molar-refractivity contribution >= 4 is 27.1 Å². The summed E-state index contributed by atoms with van der Waals surface area (Å²) in [6, 6.07) is 7.86. The number of amides is 1. The molecule has 0 saturated carbocycles. The minimum absolute atomic E-state index is 0.00460. The van der Waals surface area contributed by atoms with Crippen LogP contribution in [0, 0.1) is 0 Å². The molecule has 5 rings (SSSR count). The van der Waals surface area contributed by atoms with Gasteiger partial charge in [-0.1, -0.05) is 0 Å². The van der Waals surface area contributed by atoms with E-state index in [1.165, 1.54) is 28.0 Å². The number of nitrogens with zero attached hydrogens (tertiary/aromatic N) is 1. The van der Waals surface area contributed by atoms with E-state index in [-0.39, 0.29) is 29.6 Å². The van der Waals surface area contributed by atoms with Crippen LogP contribution >= 0.6 is 11.3 Å². The lowest BCUT2D eigenvalue weighted by Gasteiger charge is -2.30. The first kappa shape index (κ1) is 21.0. The molecule has 1 aliphatic carbocycles. The molecule has 31 heavy (non-hydrogen) atoms. The summed E-state index contributed by atoms with van der Waals surface area (Å²) in [4.78, 5) is 17.2. The van der Waals surface area contributed by atoms with Crippen LogP contribution in [0.4, 0.5) is 0 Å². The molecule has 2 aliphatic heterocycles. The zero-order valence-corrected chi connectivity index (χ0v) is 19.3. The fourth-order valence-electron chi connectivity index (χ4n) is 4.91. The normalized spacial score (nSPS) is 23.9. The molecule has 8 heteroatoms. The first-order chi connectivity index (χ1) is 14.9.